The number of fused-ring (bicyclic) bond motifs is 1. The minimum Gasteiger partial charge on any atom is -0.382 e. The molecule has 0 aliphatic heterocycles. The second-order valence-electron chi connectivity index (χ2n) is 4.79. The van der Waals surface area contributed by atoms with Gasteiger partial charge in [-0.2, -0.15) is 0 Å². The molecule has 0 saturated heterocycles. The fraction of sp³-hybridized carbons (Fsp3) is 0.417. The number of nitrogens with zero attached hydrogens (tertiary/aromatic N) is 1. The molecule has 0 bridgehead atoms. The first-order valence-corrected chi connectivity index (χ1v) is 5.87. The molecular weight excluding hydrogens is 258 g/mol. The highest BCUT2D eigenvalue weighted by Crippen LogP contribution is 2.26. The van der Waals surface area contributed by atoms with Crippen LogP contribution in [-0.2, 0) is 10.3 Å². The number of ether oxygens (including phenoxy) is 1. The lowest BCUT2D eigenvalue weighted by atomic mass is 10.1. The Morgan fingerprint density at radius 2 is 2.06 bits per heavy atom. The molecule has 2 rings (SSSR count). The van der Waals surface area contributed by atoms with Crippen LogP contribution in [0, 0.1) is 16.4 Å². The van der Waals surface area contributed by atoms with Gasteiger partial charge in [0.2, 0.25) is 0 Å². The maximum atomic E-state index is 13.7. The van der Waals surface area contributed by atoms with Crippen molar-refractivity contribution in [2.24, 2.45) is 0 Å². The Morgan fingerprint density at radius 1 is 1.39 bits per heavy atom. The maximum absolute atomic E-state index is 13.7. The van der Waals surface area contributed by atoms with E-state index in [2.05, 4.69) is 4.98 Å². The van der Waals surface area contributed by atoms with Gasteiger partial charge in [0, 0.05) is 13.2 Å². The second-order valence-corrected chi connectivity index (χ2v) is 5.18. The summed E-state index contributed by atoms with van der Waals surface area (Å²) in [5.74, 6) is -1.28. The zero-order valence-corrected chi connectivity index (χ0v) is 11.2. The molecular formula is C12H14F2N2OS. The standard InChI is InChI=1S/C12H14F2N2OS/c1-12(2,6-17-3)16-9-5-7(13)4-8(14)10(9)15-11(16)18/h4-5H,6H2,1-3H3,(H,15,18). The number of halogens is 2. The van der Waals surface area contributed by atoms with Gasteiger partial charge in [-0.15, -0.1) is 0 Å². The van der Waals surface area contributed by atoms with Crippen molar-refractivity contribution in [3.63, 3.8) is 0 Å². The summed E-state index contributed by atoms with van der Waals surface area (Å²) >= 11 is 5.18. The summed E-state index contributed by atoms with van der Waals surface area (Å²) in [5.41, 5.74) is 0.120. The lowest BCUT2D eigenvalue weighted by Gasteiger charge is -2.26. The molecule has 1 aromatic carbocycles. The molecule has 2 aromatic rings. The van der Waals surface area contributed by atoms with Crippen LogP contribution in [0.5, 0.6) is 0 Å². The highest BCUT2D eigenvalue weighted by molar-refractivity contribution is 7.71. The van der Waals surface area contributed by atoms with Gasteiger partial charge in [0.25, 0.3) is 0 Å². The monoisotopic (exact) mass is 272 g/mol. The van der Waals surface area contributed by atoms with Gasteiger partial charge in [0.1, 0.15) is 11.3 Å². The molecule has 98 valence electrons. The van der Waals surface area contributed by atoms with Crippen molar-refractivity contribution in [3.8, 4) is 0 Å². The minimum atomic E-state index is -0.650. The summed E-state index contributed by atoms with van der Waals surface area (Å²) in [6.45, 7) is 4.16. The average molecular weight is 272 g/mol. The molecule has 0 aliphatic carbocycles. The van der Waals surface area contributed by atoms with Gasteiger partial charge in [-0.1, -0.05) is 0 Å². The minimum absolute atomic E-state index is 0.213. The van der Waals surface area contributed by atoms with E-state index >= 15 is 0 Å². The molecule has 18 heavy (non-hydrogen) atoms. The van der Waals surface area contributed by atoms with Crippen LogP contribution in [-0.4, -0.2) is 23.3 Å². The van der Waals surface area contributed by atoms with Crippen molar-refractivity contribution in [3.05, 3.63) is 28.5 Å². The van der Waals surface area contributed by atoms with Gasteiger partial charge < -0.3 is 14.3 Å². The summed E-state index contributed by atoms with van der Waals surface area (Å²) in [6, 6.07) is 2.10. The van der Waals surface area contributed by atoms with Crippen LogP contribution in [0.3, 0.4) is 0 Å². The van der Waals surface area contributed by atoms with E-state index in [1.807, 2.05) is 13.8 Å². The summed E-state index contributed by atoms with van der Waals surface area (Å²) < 4.78 is 34.1. The Hall–Kier alpha value is -1.27. The highest BCUT2D eigenvalue weighted by Gasteiger charge is 2.24. The Balaban J connectivity index is 2.79. The van der Waals surface area contributed by atoms with E-state index in [1.165, 1.54) is 6.07 Å². The van der Waals surface area contributed by atoms with Gasteiger partial charge in [0.15, 0.2) is 10.6 Å². The van der Waals surface area contributed by atoms with Crippen LogP contribution in [0.1, 0.15) is 13.8 Å². The fourth-order valence-corrected chi connectivity index (χ4v) is 2.60. The molecule has 0 fully saturated rings. The largest absolute Gasteiger partial charge is 0.382 e. The number of benzene rings is 1. The summed E-state index contributed by atoms with van der Waals surface area (Å²) in [5, 5.41) is 0. The Labute approximate surface area is 108 Å². The van der Waals surface area contributed by atoms with Crippen LogP contribution in [0.25, 0.3) is 11.0 Å². The third-order valence-electron chi connectivity index (χ3n) is 2.81. The molecule has 0 unspecified atom stereocenters. The quantitative estimate of drug-likeness (QED) is 0.868. The SMILES string of the molecule is COCC(C)(C)n1c(=S)[nH]c2c(F)cc(F)cc21. The normalized spacial score (nSPS) is 12.3. The van der Waals surface area contributed by atoms with Crippen LogP contribution in [0.4, 0.5) is 8.78 Å². The number of hydrogen-bond donors (Lipinski definition) is 1. The van der Waals surface area contributed by atoms with Crippen LogP contribution in [0.2, 0.25) is 0 Å². The third kappa shape index (κ3) is 2.06. The van der Waals surface area contributed by atoms with Crippen LogP contribution in [0.15, 0.2) is 12.1 Å². The second kappa shape index (κ2) is 4.44. The number of hydrogen-bond acceptors (Lipinski definition) is 2. The van der Waals surface area contributed by atoms with Crippen molar-refractivity contribution >= 4 is 23.3 Å². The Kier molecular flexibility index (Phi) is 3.25. The van der Waals surface area contributed by atoms with Crippen LogP contribution < -0.4 is 0 Å². The predicted octanol–water partition coefficient (Wildman–Crippen LogP) is 3.36. The van der Waals surface area contributed by atoms with Crippen LogP contribution >= 0.6 is 12.2 Å². The molecule has 0 radical (unpaired) electrons. The van der Waals surface area contributed by atoms with Crippen molar-refractivity contribution in [2.75, 3.05) is 13.7 Å². The number of imidazole rings is 1. The van der Waals surface area contributed by atoms with E-state index < -0.39 is 17.2 Å². The lowest BCUT2D eigenvalue weighted by Crippen LogP contribution is -2.31. The molecule has 0 atom stereocenters. The molecule has 1 aromatic heterocycles. The number of aromatic amines is 1. The summed E-state index contributed by atoms with van der Waals surface area (Å²) in [7, 11) is 1.57. The van der Waals surface area contributed by atoms with E-state index in [1.54, 1.807) is 11.7 Å². The van der Waals surface area contributed by atoms with Crippen molar-refractivity contribution < 1.29 is 13.5 Å². The number of rotatable bonds is 3. The Bertz CT molecular complexity index is 645. The first kappa shape index (κ1) is 13.2. The number of aromatic nitrogens is 2. The topological polar surface area (TPSA) is 29.9 Å². The zero-order valence-electron chi connectivity index (χ0n) is 10.4. The molecule has 1 heterocycles. The van der Waals surface area contributed by atoms with E-state index in [0.29, 0.717) is 16.9 Å². The summed E-state index contributed by atoms with van der Waals surface area (Å²) in [6.07, 6.45) is 0. The third-order valence-corrected chi connectivity index (χ3v) is 3.10. The van der Waals surface area contributed by atoms with Gasteiger partial charge in [-0.3, -0.25) is 0 Å². The molecule has 0 spiro atoms. The van der Waals surface area contributed by atoms with Gasteiger partial charge in [0.05, 0.1) is 17.7 Å². The van der Waals surface area contributed by atoms with Gasteiger partial charge in [-0.25, -0.2) is 8.78 Å². The molecule has 3 nitrogen and oxygen atoms in total. The fourth-order valence-electron chi connectivity index (χ4n) is 2.15. The smallest absolute Gasteiger partial charge is 0.178 e. The molecule has 1 N–H and O–H groups in total. The van der Waals surface area contributed by atoms with E-state index in [-0.39, 0.29) is 5.52 Å². The maximum Gasteiger partial charge on any atom is 0.178 e. The highest BCUT2D eigenvalue weighted by atomic mass is 32.1. The lowest BCUT2D eigenvalue weighted by molar-refractivity contribution is 0.111. The van der Waals surface area contributed by atoms with Crippen molar-refractivity contribution in [2.45, 2.75) is 19.4 Å². The van der Waals surface area contributed by atoms with Crippen molar-refractivity contribution in [1.82, 2.24) is 9.55 Å². The Morgan fingerprint density at radius 3 is 2.67 bits per heavy atom. The number of H-pyrrole nitrogens is 1. The van der Waals surface area contributed by atoms with E-state index in [0.717, 1.165) is 6.07 Å². The van der Waals surface area contributed by atoms with Gasteiger partial charge in [-0.05, 0) is 32.1 Å². The van der Waals surface area contributed by atoms with Crippen molar-refractivity contribution in [1.29, 1.82) is 0 Å². The first-order valence-electron chi connectivity index (χ1n) is 5.46. The molecule has 0 aliphatic rings. The zero-order chi connectivity index (χ0) is 13.5. The van der Waals surface area contributed by atoms with E-state index in [9.17, 15) is 8.78 Å². The first-order chi connectivity index (χ1) is 8.36. The average Bonchev–Trinajstić information content (AvgIpc) is 2.55. The van der Waals surface area contributed by atoms with Gasteiger partial charge >= 0.3 is 0 Å². The predicted molar refractivity (Wildman–Crippen MR) is 68.2 cm³/mol. The van der Waals surface area contributed by atoms with E-state index in [4.69, 9.17) is 17.0 Å². The number of methoxy groups -OCH3 is 1. The molecule has 6 heteroatoms. The molecule has 0 amide bonds. The summed E-state index contributed by atoms with van der Waals surface area (Å²) in [4.78, 5) is 2.77. The molecule has 0 saturated carbocycles. The number of nitrogens with one attached hydrogen (secondary N) is 1.